The van der Waals surface area contributed by atoms with Gasteiger partial charge in [-0.2, -0.15) is 0 Å². The van der Waals surface area contributed by atoms with Gasteiger partial charge in [-0.15, -0.1) is 24.8 Å². The molecule has 2 N–H and O–H groups in total. The number of aliphatic imine (C=N–C) groups is 2. The number of nitrogens with zero attached hydrogens (tertiary/aromatic N) is 2. The quantitative estimate of drug-likeness (QED) is 0.376. The number of halogens is 6. The van der Waals surface area contributed by atoms with Gasteiger partial charge < -0.3 is 20.1 Å². The molecule has 168 valence electrons. The van der Waals surface area contributed by atoms with Crippen LogP contribution in [0, 0.1) is 0 Å². The number of benzene rings is 2. The Labute approximate surface area is 226 Å². The highest BCUT2D eigenvalue weighted by atomic mass is 79.9. The maximum absolute atomic E-state index is 5.88. The van der Waals surface area contributed by atoms with Crippen LogP contribution in [0.1, 0.15) is 11.1 Å². The van der Waals surface area contributed by atoms with Gasteiger partial charge in [0, 0.05) is 24.2 Å². The van der Waals surface area contributed by atoms with Gasteiger partial charge in [0.2, 0.25) is 6.79 Å². The molecule has 6 nitrogen and oxygen atoms in total. The summed E-state index contributed by atoms with van der Waals surface area (Å²) in [5.41, 5.74) is 2.00. The molecule has 0 atom stereocenters. The molecule has 2 heterocycles. The highest BCUT2D eigenvalue weighted by Gasteiger charge is 2.17. The summed E-state index contributed by atoms with van der Waals surface area (Å²) in [5.74, 6) is 3.12. The van der Waals surface area contributed by atoms with E-state index in [1.807, 2.05) is 24.3 Å². The van der Waals surface area contributed by atoms with E-state index < -0.39 is 0 Å². The molecule has 0 unspecified atom stereocenters. The fourth-order valence-corrected chi connectivity index (χ4v) is 5.83. The first-order valence-corrected chi connectivity index (χ1v) is 12.0. The van der Waals surface area contributed by atoms with Crippen LogP contribution in [0.3, 0.4) is 0 Å². The fourth-order valence-electron chi connectivity index (χ4n) is 3.00. The van der Waals surface area contributed by atoms with Crippen molar-refractivity contribution in [2.45, 2.75) is 0 Å². The Morgan fingerprint density at radius 3 is 1.32 bits per heavy atom. The Bertz CT molecular complexity index is 895. The van der Waals surface area contributed by atoms with E-state index in [1.54, 1.807) is 0 Å². The van der Waals surface area contributed by atoms with Crippen LogP contribution in [0.15, 0.2) is 52.1 Å². The molecule has 2 aliphatic heterocycles. The average molecular weight is 725 g/mol. The Balaban J connectivity index is 0.00000171. The largest absolute Gasteiger partial charge is 0.455 e. The summed E-state index contributed by atoms with van der Waals surface area (Å²) in [4.78, 5) is 8.90. The summed E-state index contributed by atoms with van der Waals surface area (Å²) in [6.45, 7) is 3.36. The van der Waals surface area contributed by atoms with Crippen molar-refractivity contribution in [1.29, 1.82) is 0 Å². The minimum atomic E-state index is 0. The molecule has 0 bridgehead atoms. The van der Waals surface area contributed by atoms with Crippen LogP contribution in [0.2, 0.25) is 0 Å². The first kappa shape index (κ1) is 26.7. The van der Waals surface area contributed by atoms with E-state index in [4.69, 9.17) is 9.47 Å². The maximum Gasteiger partial charge on any atom is 0.231 e. The van der Waals surface area contributed by atoms with Gasteiger partial charge in [-0.1, -0.05) is 0 Å². The molecular weight excluding hydrogens is 707 g/mol. The van der Waals surface area contributed by atoms with E-state index in [1.165, 1.54) is 0 Å². The zero-order valence-corrected chi connectivity index (χ0v) is 23.9. The van der Waals surface area contributed by atoms with Gasteiger partial charge in [0.1, 0.15) is 11.7 Å². The zero-order valence-electron chi connectivity index (χ0n) is 15.9. The van der Waals surface area contributed by atoms with E-state index in [9.17, 15) is 0 Å². The maximum atomic E-state index is 5.88. The minimum Gasteiger partial charge on any atom is -0.455 e. The minimum absolute atomic E-state index is 0. The fraction of sp³-hybridized carbons (Fsp3) is 0.263. The molecule has 0 fully saturated rings. The second kappa shape index (κ2) is 12.1. The van der Waals surface area contributed by atoms with E-state index in [-0.39, 0.29) is 31.6 Å². The second-order valence-electron chi connectivity index (χ2n) is 6.26. The third-order valence-corrected chi connectivity index (χ3v) is 6.65. The normalized spacial score (nSPS) is 14.5. The monoisotopic (exact) mass is 720 g/mol. The molecule has 0 amide bonds. The lowest BCUT2D eigenvalue weighted by molar-refractivity contribution is 0.116. The van der Waals surface area contributed by atoms with Crippen molar-refractivity contribution < 1.29 is 9.47 Å². The summed E-state index contributed by atoms with van der Waals surface area (Å²) in [5, 5.41) is 6.54. The molecule has 0 radical (unpaired) electrons. The number of ether oxygens (including phenoxy) is 2. The Kier molecular flexibility index (Phi) is 10.4. The number of nitrogens with one attached hydrogen (secondary N) is 2. The van der Waals surface area contributed by atoms with Gasteiger partial charge in [0.15, 0.2) is 11.5 Å². The molecule has 2 aromatic rings. The van der Waals surface area contributed by atoms with Crippen LogP contribution in [0.4, 0.5) is 0 Å². The van der Waals surface area contributed by atoms with Crippen molar-refractivity contribution in [2.75, 3.05) is 33.0 Å². The number of hydrogen-bond donors (Lipinski definition) is 2. The molecule has 2 aliphatic rings. The molecule has 2 aromatic carbocycles. The summed E-state index contributed by atoms with van der Waals surface area (Å²) >= 11 is 14.3. The molecule has 0 spiro atoms. The number of amidine groups is 2. The van der Waals surface area contributed by atoms with Crippen molar-refractivity contribution in [3.8, 4) is 11.5 Å². The lowest BCUT2D eigenvalue weighted by Crippen LogP contribution is -2.19. The van der Waals surface area contributed by atoms with E-state index in [2.05, 4.69) is 84.3 Å². The van der Waals surface area contributed by atoms with Gasteiger partial charge in [-0.25, -0.2) is 0 Å². The standard InChI is InChI=1S/C19H16Br4N4O2.2ClH/c20-12-5-10(18-24-1-2-25-18)6-13(21)16(12)28-9-29-17-14(22)7-11(8-15(17)23)19-26-3-4-27-19;;/h5-8H,1-4,9H2,(H,24,25)(H,26,27);2*1H. The highest BCUT2D eigenvalue weighted by Crippen LogP contribution is 2.37. The van der Waals surface area contributed by atoms with Gasteiger partial charge in [-0.3, -0.25) is 9.98 Å². The summed E-state index contributed by atoms with van der Waals surface area (Å²) in [7, 11) is 0. The first-order valence-electron chi connectivity index (χ1n) is 8.84. The van der Waals surface area contributed by atoms with Crippen molar-refractivity contribution in [3.63, 3.8) is 0 Å². The zero-order chi connectivity index (χ0) is 20.4. The van der Waals surface area contributed by atoms with Gasteiger partial charge >= 0.3 is 0 Å². The predicted molar refractivity (Wildman–Crippen MR) is 143 cm³/mol. The van der Waals surface area contributed by atoms with Crippen LogP contribution < -0.4 is 20.1 Å². The Hall–Kier alpha value is -0.520. The van der Waals surface area contributed by atoms with Crippen LogP contribution in [-0.4, -0.2) is 44.6 Å². The van der Waals surface area contributed by atoms with Crippen molar-refractivity contribution in [1.82, 2.24) is 10.6 Å². The topological polar surface area (TPSA) is 67.2 Å². The van der Waals surface area contributed by atoms with E-state index in [0.29, 0.717) is 11.5 Å². The van der Waals surface area contributed by atoms with Crippen LogP contribution >= 0.6 is 88.5 Å². The SMILES string of the molecule is Brc1cc(C2=NCCN2)cc(Br)c1OCOc1c(Br)cc(C2=NCCN2)cc1Br.Cl.Cl. The third kappa shape index (κ3) is 6.29. The average Bonchev–Trinajstić information content (AvgIpc) is 3.39. The molecular formula is C19H18Br4Cl2N4O2. The van der Waals surface area contributed by atoms with Gasteiger partial charge in [-0.05, 0) is 88.0 Å². The van der Waals surface area contributed by atoms with Crippen molar-refractivity contribution >= 4 is 100 Å². The summed E-state index contributed by atoms with van der Waals surface area (Å²) in [6.07, 6.45) is 0. The van der Waals surface area contributed by atoms with E-state index >= 15 is 0 Å². The number of hydrogen-bond acceptors (Lipinski definition) is 6. The Morgan fingerprint density at radius 2 is 1.03 bits per heavy atom. The van der Waals surface area contributed by atoms with Crippen LogP contribution in [0.25, 0.3) is 0 Å². The van der Waals surface area contributed by atoms with E-state index in [0.717, 1.165) is 66.9 Å². The van der Waals surface area contributed by atoms with Crippen molar-refractivity contribution in [3.05, 3.63) is 53.3 Å². The second-order valence-corrected chi connectivity index (χ2v) is 9.68. The third-order valence-electron chi connectivity index (χ3n) is 4.30. The Morgan fingerprint density at radius 1 is 0.677 bits per heavy atom. The molecule has 0 saturated heterocycles. The number of rotatable bonds is 6. The lowest BCUT2D eigenvalue weighted by Gasteiger charge is -2.15. The first-order chi connectivity index (χ1) is 14.0. The summed E-state index contributed by atoms with van der Waals surface area (Å²) in [6, 6.07) is 7.92. The smallest absolute Gasteiger partial charge is 0.231 e. The summed E-state index contributed by atoms with van der Waals surface area (Å²) < 4.78 is 15.0. The van der Waals surface area contributed by atoms with Crippen molar-refractivity contribution in [2.24, 2.45) is 9.98 Å². The lowest BCUT2D eigenvalue weighted by atomic mass is 10.2. The highest BCUT2D eigenvalue weighted by molar-refractivity contribution is 9.11. The predicted octanol–water partition coefficient (Wildman–Crippen LogP) is 5.70. The molecule has 0 aromatic heterocycles. The van der Waals surface area contributed by atoms with Gasteiger partial charge in [0.05, 0.1) is 31.0 Å². The van der Waals surface area contributed by atoms with Crippen LogP contribution in [0.5, 0.6) is 11.5 Å². The molecule has 4 rings (SSSR count). The molecule has 31 heavy (non-hydrogen) atoms. The van der Waals surface area contributed by atoms with Crippen LogP contribution in [-0.2, 0) is 0 Å². The molecule has 0 saturated carbocycles. The molecule has 0 aliphatic carbocycles. The molecule has 12 heteroatoms. The van der Waals surface area contributed by atoms with Gasteiger partial charge in [0.25, 0.3) is 0 Å².